The molecule has 3 aromatic carbocycles. The van der Waals surface area contributed by atoms with E-state index in [1.54, 1.807) is 48.5 Å². The van der Waals surface area contributed by atoms with Crippen molar-refractivity contribution in [1.29, 1.82) is 0 Å². The first kappa shape index (κ1) is 24.3. The van der Waals surface area contributed by atoms with Gasteiger partial charge in [0.25, 0.3) is 11.1 Å². The van der Waals surface area contributed by atoms with Gasteiger partial charge >= 0.3 is 0 Å². The summed E-state index contributed by atoms with van der Waals surface area (Å²) in [6.45, 7) is 0.289. The molecule has 9 heteroatoms. The minimum Gasteiger partial charge on any atom is -0.493 e. The zero-order chi connectivity index (χ0) is 24.2. The first-order valence-corrected chi connectivity index (χ1v) is 12.1. The van der Waals surface area contributed by atoms with Crippen molar-refractivity contribution in [2.45, 2.75) is 13.2 Å². The predicted molar refractivity (Wildman–Crippen MR) is 134 cm³/mol. The molecule has 1 aliphatic heterocycles. The van der Waals surface area contributed by atoms with E-state index in [1.165, 1.54) is 24.1 Å². The van der Waals surface area contributed by atoms with Crippen molar-refractivity contribution >= 4 is 56.5 Å². The first-order valence-electron chi connectivity index (χ1n) is 10.1. The van der Waals surface area contributed by atoms with Crippen LogP contribution in [-0.2, 0) is 17.9 Å². The van der Waals surface area contributed by atoms with E-state index in [2.05, 4.69) is 15.9 Å². The quantitative estimate of drug-likeness (QED) is 0.288. The number of nitrogens with zero attached hydrogens (tertiary/aromatic N) is 1. The van der Waals surface area contributed by atoms with Gasteiger partial charge in [-0.05, 0) is 86.9 Å². The second kappa shape index (κ2) is 10.6. The highest BCUT2D eigenvalue weighted by Crippen LogP contribution is 2.39. The number of halogens is 3. The molecule has 2 amide bonds. The van der Waals surface area contributed by atoms with Crippen LogP contribution >= 0.6 is 39.3 Å². The van der Waals surface area contributed by atoms with E-state index in [-0.39, 0.29) is 30.1 Å². The number of ether oxygens (including phenoxy) is 2. The summed E-state index contributed by atoms with van der Waals surface area (Å²) in [5, 5.41) is 0.189. The standard InChI is InChI=1S/C25H18BrClFNO4S/c1-32-21-11-17(10-20(26)23(21)33-14-16-5-3-7-19(28)9-16)12-22-24(30)29(25(31)34-22)13-15-4-2-6-18(27)8-15/h2-12H,13-14H2,1H3/b22-12-. The summed E-state index contributed by atoms with van der Waals surface area (Å²) in [5.74, 6) is 0.149. The Kier molecular flexibility index (Phi) is 7.60. The third-order valence-corrected chi connectivity index (χ3v) is 6.66. The van der Waals surface area contributed by atoms with Crippen molar-refractivity contribution in [3.8, 4) is 11.5 Å². The summed E-state index contributed by atoms with van der Waals surface area (Å²) >= 11 is 10.4. The molecule has 34 heavy (non-hydrogen) atoms. The van der Waals surface area contributed by atoms with Crippen LogP contribution in [0.1, 0.15) is 16.7 Å². The molecule has 1 heterocycles. The zero-order valence-electron chi connectivity index (χ0n) is 17.9. The molecule has 5 nitrogen and oxygen atoms in total. The summed E-state index contributed by atoms with van der Waals surface area (Å²) < 4.78 is 25.3. The Bertz CT molecular complexity index is 1300. The van der Waals surface area contributed by atoms with Crippen LogP contribution in [0.4, 0.5) is 9.18 Å². The Morgan fingerprint density at radius 2 is 1.85 bits per heavy atom. The normalized spacial score (nSPS) is 14.7. The van der Waals surface area contributed by atoms with Gasteiger partial charge in [0.2, 0.25) is 0 Å². The van der Waals surface area contributed by atoms with Gasteiger partial charge in [-0.25, -0.2) is 4.39 Å². The van der Waals surface area contributed by atoms with Crippen LogP contribution in [0.3, 0.4) is 0 Å². The highest BCUT2D eigenvalue weighted by atomic mass is 79.9. The molecular weight excluding hydrogens is 545 g/mol. The second-order valence-corrected chi connectivity index (χ2v) is 9.63. The van der Waals surface area contributed by atoms with Crippen LogP contribution in [0.25, 0.3) is 6.08 Å². The Morgan fingerprint density at radius 3 is 2.59 bits per heavy atom. The number of hydrogen-bond donors (Lipinski definition) is 0. The van der Waals surface area contributed by atoms with Crippen molar-refractivity contribution in [3.05, 3.63) is 97.6 Å². The van der Waals surface area contributed by atoms with Crippen molar-refractivity contribution < 1.29 is 23.5 Å². The smallest absolute Gasteiger partial charge is 0.293 e. The maximum Gasteiger partial charge on any atom is 0.293 e. The van der Waals surface area contributed by atoms with E-state index in [1.807, 2.05) is 6.07 Å². The largest absolute Gasteiger partial charge is 0.493 e. The number of thioether (sulfide) groups is 1. The maximum absolute atomic E-state index is 13.4. The molecule has 0 spiro atoms. The van der Waals surface area contributed by atoms with E-state index in [0.717, 1.165) is 17.3 Å². The monoisotopic (exact) mass is 561 g/mol. The molecule has 4 rings (SSSR count). The zero-order valence-corrected chi connectivity index (χ0v) is 21.0. The van der Waals surface area contributed by atoms with Gasteiger partial charge in [0.15, 0.2) is 11.5 Å². The topological polar surface area (TPSA) is 55.8 Å². The molecular formula is C25H18BrClFNO4S. The highest BCUT2D eigenvalue weighted by Gasteiger charge is 2.35. The lowest BCUT2D eigenvalue weighted by atomic mass is 10.1. The minimum absolute atomic E-state index is 0.141. The second-order valence-electron chi connectivity index (χ2n) is 7.35. The molecule has 174 valence electrons. The highest BCUT2D eigenvalue weighted by molar-refractivity contribution is 9.10. The van der Waals surface area contributed by atoms with E-state index < -0.39 is 0 Å². The summed E-state index contributed by atoms with van der Waals surface area (Å²) in [7, 11) is 1.50. The van der Waals surface area contributed by atoms with Crippen LogP contribution in [0.2, 0.25) is 5.02 Å². The molecule has 1 aliphatic rings. The molecule has 0 saturated carbocycles. The molecule has 0 N–H and O–H groups in total. The Balaban J connectivity index is 1.53. The molecule has 3 aromatic rings. The lowest BCUT2D eigenvalue weighted by molar-refractivity contribution is -0.123. The summed E-state index contributed by atoms with van der Waals surface area (Å²) in [6.07, 6.45) is 1.63. The van der Waals surface area contributed by atoms with Crippen molar-refractivity contribution in [2.24, 2.45) is 0 Å². The lowest BCUT2D eigenvalue weighted by Crippen LogP contribution is -2.27. The van der Waals surface area contributed by atoms with Gasteiger partial charge in [-0.3, -0.25) is 14.5 Å². The van der Waals surface area contributed by atoms with Gasteiger partial charge in [0, 0.05) is 5.02 Å². The summed E-state index contributed by atoms with van der Waals surface area (Å²) in [4.78, 5) is 26.8. The summed E-state index contributed by atoms with van der Waals surface area (Å²) in [6, 6.07) is 16.6. The van der Waals surface area contributed by atoms with E-state index in [4.69, 9.17) is 21.1 Å². The fourth-order valence-electron chi connectivity index (χ4n) is 3.35. The van der Waals surface area contributed by atoms with Crippen molar-refractivity contribution in [3.63, 3.8) is 0 Å². The number of benzene rings is 3. The number of rotatable bonds is 7. The van der Waals surface area contributed by atoms with Crippen molar-refractivity contribution in [2.75, 3.05) is 7.11 Å². The van der Waals surface area contributed by atoms with Gasteiger partial charge < -0.3 is 9.47 Å². The fourth-order valence-corrected chi connectivity index (χ4v) is 4.98. The average Bonchev–Trinajstić information content (AvgIpc) is 3.05. The SMILES string of the molecule is COc1cc(/C=C2\SC(=O)N(Cc3cccc(Cl)c3)C2=O)cc(Br)c1OCc1cccc(F)c1. The number of carbonyl (C=O) groups excluding carboxylic acids is 2. The van der Waals surface area contributed by atoms with Crippen LogP contribution in [0, 0.1) is 5.82 Å². The maximum atomic E-state index is 13.4. The third kappa shape index (κ3) is 5.63. The molecule has 1 saturated heterocycles. The predicted octanol–water partition coefficient (Wildman–Crippen LogP) is 7.07. The molecule has 0 aliphatic carbocycles. The van der Waals surface area contributed by atoms with Gasteiger partial charge in [-0.1, -0.05) is 35.9 Å². The van der Waals surface area contributed by atoms with Gasteiger partial charge in [0.05, 0.1) is 23.0 Å². The van der Waals surface area contributed by atoms with Crippen molar-refractivity contribution in [1.82, 2.24) is 4.90 Å². The number of methoxy groups -OCH3 is 1. The number of amides is 2. The fraction of sp³-hybridized carbons (Fsp3) is 0.120. The molecule has 0 radical (unpaired) electrons. The lowest BCUT2D eigenvalue weighted by Gasteiger charge is -2.14. The van der Waals surface area contributed by atoms with E-state index in [9.17, 15) is 14.0 Å². The van der Waals surface area contributed by atoms with E-state index in [0.29, 0.717) is 37.0 Å². The molecule has 0 bridgehead atoms. The Labute approximate surface area is 213 Å². The third-order valence-electron chi connectivity index (χ3n) is 4.93. The van der Waals surface area contributed by atoms with Gasteiger partial charge in [-0.15, -0.1) is 0 Å². The Hall–Kier alpha value is -2.81. The minimum atomic E-state index is -0.378. The summed E-state index contributed by atoms with van der Waals surface area (Å²) in [5.41, 5.74) is 2.08. The molecule has 1 fully saturated rings. The van der Waals surface area contributed by atoms with Gasteiger partial charge in [-0.2, -0.15) is 0 Å². The molecule has 0 atom stereocenters. The number of carbonyl (C=O) groups is 2. The van der Waals surface area contributed by atoms with Crippen LogP contribution in [0.15, 0.2) is 70.0 Å². The molecule has 0 unspecified atom stereocenters. The average molecular weight is 563 g/mol. The molecule has 0 aromatic heterocycles. The van der Waals surface area contributed by atoms with Crippen LogP contribution < -0.4 is 9.47 Å². The van der Waals surface area contributed by atoms with Crippen LogP contribution in [0.5, 0.6) is 11.5 Å². The number of imide groups is 1. The number of hydrogen-bond acceptors (Lipinski definition) is 5. The van der Waals surface area contributed by atoms with E-state index >= 15 is 0 Å². The van der Waals surface area contributed by atoms with Gasteiger partial charge in [0.1, 0.15) is 12.4 Å². The Morgan fingerprint density at radius 1 is 1.09 bits per heavy atom. The first-order chi connectivity index (χ1) is 16.3. The van der Waals surface area contributed by atoms with Crippen LogP contribution in [-0.4, -0.2) is 23.2 Å².